The second-order valence-corrected chi connectivity index (χ2v) is 9.56. The van der Waals surface area contributed by atoms with Crippen molar-refractivity contribution in [3.05, 3.63) is 101 Å². The molecule has 0 aromatic heterocycles. The Bertz CT molecular complexity index is 1370. The van der Waals surface area contributed by atoms with E-state index in [1.165, 1.54) is 0 Å². The third kappa shape index (κ3) is 3.50. The second-order valence-electron chi connectivity index (χ2n) is 8.68. The molecule has 3 aromatic carbocycles. The number of ether oxygens (including phenoxy) is 1. The quantitative estimate of drug-likeness (QED) is 0.340. The minimum Gasteiger partial charge on any atom is -0.497 e. The lowest BCUT2D eigenvalue weighted by Crippen LogP contribution is -2.37. The van der Waals surface area contributed by atoms with Crippen LogP contribution in [-0.2, 0) is 0 Å². The molecule has 3 atom stereocenters. The maximum atomic E-state index is 14.1. The highest BCUT2D eigenvalue weighted by molar-refractivity contribution is 7.98. The van der Waals surface area contributed by atoms with E-state index < -0.39 is 23.4 Å². The van der Waals surface area contributed by atoms with E-state index in [9.17, 15) is 15.3 Å². The molecule has 0 aliphatic carbocycles. The van der Waals surface area contributed by atoms with Crippen molar-refractivity contribution in [1.82, 2.24) is 4.90 Å². The van der Waals surface area contributed by atoms with E-state index in [1.54, 1.807) is 43.1 Å². The first-order valence-electron chi connectivity index (χ1n) is 11.3. The molecular weight excluding hydrogens is 454 g/mol. The summed E-state index contributed by atoms with van der Waals surface area (Å²) in [5.41, 5.74) is 1.69. The molecule has 2 aliphatic heterocycles. The number of methoxy groups -OCH3 is 1. The summed E-state index contributed by atoms with van der Waals surface area (Å²) < 4.78 is 5.26. The fraction of sp³-hybridized carbons (Fsp3) is 0.207. The van der Waals surface area contributed by atoms with Crippen molar-refractivity contribution in [3.8, 4) is 17.9 Å². The summed E-state index contributed by atoms with van der Waals surface area (Å²) in [5.74, 6) is -0.123. The van der Waals surface area contributed by atoms with Crippen LogP contribution in [0.4, 0.5) is 0 Å². The molecule has 2 heterocycles. The third-order valence-electron chi connectivity index (χ3n) is 7.06. The van der Waals surface area contributed by atoms with Crippen LogP contribution < -0.4 is 4.74 Å². The first-order chi connectivity index (χ1) is 17.1. The molecule has 0 amide bonds. The van der Waals surface area contributed by atoms with Gasteiger partial charge in [0.1, 0.15) is 11.8 Å². The molecule has 6 heteroatoms. The number of Topliss-reactive ketones (excluding diaryl/α,β-unsaturated/α-hetero) is 1. The lowest BCUT2D eigenvalue weighted by atomic mass is 9.67. The predicted octanol–water partition coefficient (Wildman–Crippen LogP) is 5.83. The van der Waals surface area contributed by atoms with Gasteiger partial charge < -0.3 is 9.64 Å². The Morgan fingerprint density at radius 2 is 1.69 bits per heavy atom. The fourth-order valence-electron chi connectivity index (χ4n) is 5.41. The third-order valence-corrected chi connectivity index (χ3v) is 7.81. The summed E-state index contributed by atoms with van der Waals surface area (Å²) in [5, 5.41) is 21.2. The number of ketones is 1. The highest BCUT2D eigenvalue weighted by Crippen LogP contribution is 2.60. The van der Waals surface area contributed by atoms with E-state index in [1.807, 2.05) is 72.0 Å². The normalized spacial score (nSPS) is 21.4. The average Bonchev–Trinajstić information content (AvgIpc) is 3.23. The van der Waals surface area contributed by atoms with Gasteiger partial charge in [-0.15, -0.1) is 11.8 Å². The number of nitrogens with zero attached hydrogens (tertiary/aromatic N) is 3. The van der Waals surface area contributed by atoms with Gasteiger partial charge in [0.25, 0.3) is 0 Å². The molecule has 3 aromatic rings. The summed E-state index contributed by atoms with van der Waals surface area (Å²) in [4.78, 5) is 17.1. The minimum absolute atomic E-state index is 0.131. The van der Waals surface area contributed by atoms with Crippen LogP contribution in [0.5, 0.6) is 5.75 Å². The van der Waals surface area contributed by atoms with Crippen LogP contribution in [0.25, 0.3) is 6.08 Å². The Labute approximate surface area is 209 Å². The van der Waals surface area contributed by atoms with E-state index in [0.717, 1.165) is 21.6 Å². The zero-order valence-electron chi connectivity index (χ0n) is 19.4. The van der Waals surface area contributed by atoms with E-state index in [-0.39, 0.29) is 5.78 Å². The Morgan fingerprint density at radius 1 is 1.00 bits per heavy atom. The molecule has 35 heavy (non-hydrogen) atoms. The topological polar surface area (TPSA) is 77.1 Å². The van der Waals surface area contributed by atoms with Crippen LogP contribution in [0.15, 0.2) is 83.9 Å². The number of thioether (sulfide) groups is 1. The molecule has 0 radical (unpaired) electrons. The summed E-state index contributed by atoms with van der Waals surface area (Å²) in [6.45, 7) is 0. The highest BCUT2D eigenvalue weighted by atomic mass is 32.2. The number of fused-ring (bicyclic) bond motifs is 3. The number of carbonyl (C=O) groups is 1. The average molecular weight is 478 g/mol. The van der Waals surface area contributed by atoms with Crippen LogP contribution in [0.1, 0.15) is 39.0 Å². The number of benzene rings is 3. The molecule has 2 aliphatic rings. The maximum Gasteiger partial charge on any atom is 0.185 e. The Kier molecular flexibility index (Phi) is 5.84. The van der Waals surface area contributed by atoms with Crippen molar-refractivity contribution in [2.24, 2.45) is 5.41 Å². The first-order valence-corrected chi connectivity index (χ1v) is 12.5. The maximum absolute atomic E-state index is 14.1. The lowest BCUT2D eigenvalue weighted by Gasteiger charge is -2.34. The van der Waals surface area contributed by atoms with Gasteiger partial charge in [-0.1, -0.05) is 36.4 Å². The minimum atomic E-state index is -1.46. The Morgan fingerprint density at radius 3 is 2.31 bits per heavy atom. The molecule has 0 unspecified atom stereocenters. The van der Waals surface area contributed by atoms with E-state index >= 15 is 0 Å². The molecule has 0 spiro atoms. The fourth-order valence-corrected chi connectivity index (χ4v) is 5.81. The van der Waals surface area contributed by atoms with Crippen LogP contribution in [0.2, 0.25) is 0 Å². The standard InChI is InChI=1S/C29H23N3O2S/c1-34-22-11-7-21(8-12-22)27(33)26-25(20-9-13-23(35-2)14-10-20)29(17-30,18-31)28-24-6-4-3-5-19(24)15-16-32(26)28/h3-16,25-26,28H,1-2H3/t25-,26-,28+/m1/s1. The summed E-state index contributed by atoms with van der Waals surface area (Å²) >= 11 is 1.62. The zero-order chi connectivity index (χ0) is 24.6. The van der Waals surface area contributed by atoms with Gasteiger partial charge in [-0.3, -0.25) is 4.79 Å². The van der Waals surface area contributed by atoms with Crippen LogP contribution >= 0.6 is 11.8 Å². The van der Waals surface area contributed by atoms with Gasteiger partial charge in [-0.05, 0) is 65.4 Å². The summed E-state index contributed by atoms with van der Waals surface area (Å²) in [6, 6.07) is 26.1. The Balaban J connectivity index is 1.73. The van der Waals surface area contributed by atoms with Crippen molar-refractivity contribution in [1.29, 1.82) is 10.5 Å². The molecule has 0 bridgehead atoms. The van der Waals surface area contributed by atoms with E-state index in [4.69, 9.17) is 4.74 Å². The Hall–Kier alpha value is -4.00. The monoisotopic (exact) mass is 477 g/mol. The largest absolute Gasteiger partial charge is 0.497 e. The molecule has 1 saturated heterocycles. The summed E-state index contributed by atoms with van der Waals surface area (Å²) in [7, 11) is 1.58. The molecule has 172 valence electrons. The second kappa shape index (κ2) is 8.98. The van der Waals surface area contributed by atoms with E-state index in [2.05, 4.69) is 12.1 Å². The molecular formula is C29H23N3O2S. The van der Waals surface area contributed by atoms with Gasteiger partial charge >= 0.3 is 0 Å². The van der Waals surface area contributed by atoms with Gasteiger partial charge in [0.2, 0.25) is 0 Å². The first kappa shape index (κ1) is 22.8. The smallest absolute Gasteiger partial charge is 0.185 e. The van der Waals surface area contributed by atoms with Gasteiger partial charge in [0.05, 0.1) is 25.3 Å². The number of nitriles is 2. The summed E-state index contributed by atoms with van der Waals surface area (Å²) in [6.07, 6.45) is 5.83. The number of hydrogen-bond donors (Lipinski definition) is 0. The number of carbonyl (C=O) groups excluding carboxylic acids is 1. The van der Waals surface area contributed by atoms with Crippen LogP contribution in [0.3, 0.4) is 0 Å². The molecule has 0 saturated carbocycles. The van der Waals surface area contributed by atoms with Crippen molar-refractivity contribution < 1.29 is 9.53 Å². The van der Waals surface area contributed by atoms with Gasteiger partial charge in [-0.2, -0.15) is 10.5 Å². The van der Waals surface area contributed by atoms with Crippen molar-refractivity contribution in [2.45, 2.75) is 22.9 Å². The number of rotatable bonds is 5. The lowest BCUT2D eigenvalue weighted by molar-refractivity contribution is 0.0874. The highest BCUT2D eigenvalue weighted by Gasteiger charge is 2.63. The predicted molar refractivity (Wildman–Crippen MR) is 136 cm³/mol. The van der Waals surface area contributed by atoms with Crippen molar-refractivity contribution in [2.75, 3.05) is 13.4 Å². The van der Waals surface area contributed by atoms with Crippen molar-refractivity contribution >= 4 is 23.6 Å². The molecule has 1 fully saturated rings. The molecule has 5 rings (SSSR count). The number of hydrogen-bond acceptors (Lipinski definition) is 6. The van der Waals surface area contributed by atoms with Crippen LogP contribution in [-0.4, -0.2) is 30.1 Å². The van der Waals surface area contributed by atoms with Gasteiger partial charge in [0, 0.05) is 22.6 Å². The SMILES string of the molecule is COc1ccc(C(=O)[C@H]2[C@@H](c3ccc(SC)cc3)C(C#N)(C#N)[C@@H]3c4ccccc4C=CN32)cc1. The van der Waals surface area contributed by atoms with Gasteiger partial charge in [0.15, 0.2) is 11.2 Å². The molecule has 0 N–H and O–H groups in total. The van der Waals surface area contributed by atoms with Crippen LogP contribution in [0, 0.1) is 28.1 Å². The van der Waals surface area contributed by atoms with Crippen molar-refractivity contribution in [3.63, 3.8) is 0 Å². The van der Waals surface area contributed by atoms with Gasteiger partial charge in [-0.25, -0.2) is 0 Å². The zero-order valence-corrected chi connectivity index (χ0v) is 20.2. The van der Waals surface area contributed by atoms with E-state index in [0.29, 0.717) is 11.3 Å². The molecule has 5 nitrogen and oxygen atoms in total.